The van der Waals surface area contributed by atoms with E-state index in [4.69, 9.17) is 11.6 Å². The summed E-state index contributed by atoms with van der Waals surface area (Å²) in [5.74, 6) is 0.686. The van der Waals surface area contributed by atoms with Crippen molar-refractivity contribution in [1.82, 2.24) is 0 Å². The molecule has 0 bridgehead atoms. The number of alkyl halides is 1. The number of rotatable bonds is 7. The Labute approximate surface area is 139 Å². The van der Waals surface area contributed by atoms with Crippen molar-refractivity contribution in [2.45, 2.75) is 32.6 Å². The second-order valence-corrected chi connectivity index (χ2v) is 6.71. The van der Waals surface area contributed by atoms with Crippen LogP contribution in [0.3, 0.4) is 0 Å². The lowest BCUT2D eigenvalue weighted by Crippen LogP contribution is -2.26. The summed E-state index contributed by atoms with van der Waals surface area (Å²) in [6, 6.07) is 19.2. The summed E-state index contributed by atoms with van der Waals surface area (Å²) in [4.78, 5) is 2.32. The van der Waals surface area contributed by atoms with Gasteiger partial charge in [-0.15, -0.1) is 11.6 Å². The van der Waals surface area contributed by atoms with Crippen molar-refractivity contribution in [3.63, 3.8) is 0 Å². The van der Waals surface area contributed by atoms with Gasteiger partial charge in [0.1, 0.15) is 0 Å². The van der Waals surface area contributed by atoms with E-state index in [0.29, 0.717) is 5.92 Å². The Bertz CT molecular complexity index is 548. The van der Waals surface area contributed by atoms with Crippen molar-refractivity contribution in [2.24, 2.45) is 5.92 Å². The molecule has 0 amide bonds. The van der Waals surface area contributed by atoms with Crippen LogP contribution in [0.1, 0.15) is 37.3 Å². The number of anilines is 1. The average molecular weight is 316 g/mol. The molecule has 0 aliphatic rings. The van der Waals surface area contributed by atoms with E-state index in [9.17, 15) is 0 Å². The number of benzene rings is 2. The zero-order valence-corrected chi connectivity index (χ0v) is 14.6. The minimum atomic E-state index is 0.00764. The van der Waals surface area contributed by atoms with Crippen LogP contribution >= 0.6 is 11.6 Å². The number of likely N-dealkylation sites (N-methyl/N-ethyl adjacent to an activating group) is 1. The molecule has 0 aliphatic heterocycles. The van der Waals surface area contributed by atoms with E-state index in [1.807, 2.05) is 6.07 Å². The van der Waals surface area contributed by atoms with Crippen molar-refractivity contribution in [1.29, 1.82) is 0 Å². The summed E-state index contributed by atoms with van der Waals surface area (Å²) in [7, 11) is 0. The third-order valence-electron chi connectivity index (χ3n) is 3.87. The highest BCUT2D eigenvalue weighted by Gasteiger charge is 2.13. The van der Waals surface area contributed by atoms with Crippen molar-refractivity contribution in [2.75, 3.05) is 18.0 Å². The van der Waals surface area contributed by atoms with Gasteiger partial charge in [-0.1, -0.05) is 56.3 Å². The molecule has 2 heteroatoms. The van der Waals surface area contributed by atoms with Crippen molar-refractivity contribution >= 4 is 17.3 Å². The summed E-state index contributed by atoms with van der Waals surface area (Å²) in [5, 5.41) is 0.00764. The van der Waals surface area contributed by atoms with E-state index in [-0.39, 0.29) is 5.38 Å². The van der Waals surface area contributed by atoms with Gasteiger partial charge in [-0.05, 0) is 42.5 Å². The molecule has 2 rings (SSSR count). The largest absolute Gasteiger partial charge is 0.370 e. The first kappa shape index (κ1) is 16.9. The number of nitrogens with zero attached hydrogens (tertiary/aromatic N) is 1. The van der Waals surface area contributed by atoms with E-state index >= 15 is 0 Å². The molecule has 0 radical (unpaired) electrons. The highest BCUT2D eigenvalue weighted by Crippen LogP contribution is 2.25. The summed E-state index contributed by atoms with van der Waals surface area (Å²) in [6.07, 6.45) is 1.12. The Morgan fingerprint density at radius 2 is 1.59 bits per heavy atom. The molecule has 1 nitrogen and oxygen atoms in total. The Morgan fingerprint density at radius 3 is 2.14 bits per heavy atom. The molecule has 1 atom stereocenters. The Hall–Kier alpha value is -1.47. The first-order valence-electron chi connectivity index (χ1n) is 8.13. The molecule has 0 saturated heterocycles. The Morgan fingerprint density at radius 1 is 0.955 bits per heavy atom. The molecule has 2 aromatic rings. The minimum absolute atomic E-state index is 0.00764. The van der Waals surface area contributed by atoms with Gasteiger partial charge in [-0.2, -0.15) is 0 Å². The van der Waals surface area contributed by atoms with Crippen LogP contribution in [-0.2, 0) is 6.42 Å². The Balaban J connectivity index is 2.03. The first-order valence-corrected chi connectivity index (χ1v) is 8.56. The molecule has 22 heavy (non-hydrogen) atoms. The SMILES string of the molecule is CCN(CC(Cl)c1ccc(CC(C)C)cc1)c1ccccc1. The van der Waals surface area contributed by atoms with Crippen LogP contribution in [0.15, 0.2) is 54.6 Å². The molecule has 2 aromatic carbocycles. The van der Waals surface area contributed by atoms with E-state index in [1.165, 1.54) is 16.8 Å². The molecular weight excluding hydrogens is 290 g/mol. The van der Waals surface area contributed by atoms with Gasteiger partial charge < -0.3 is 4.90 Å². The summed E-state index contributed by atoms with van der Waals surface area (Å²) in [6.45, 7) is 8.45. The molecule has 0 aliphatic carbocycles. The van der Waals surface area contributed by atoms with E-state index < -0.39 is 0 Å². The van der Waals surface area contributed by atoms with Crippen LogP contribution in [0, 0.1) is 5.92 Å². The minimum Gasteiger partial charge on any atom is -0.370 e. The smallest absolute Gasteiger partial charge is 0.0760 e. The molecule has 0 fully saturated rings. The number of hydrogen-bond donors (Lipinski definition) is 0. The van der Waals surface area contributed by atoms with Gasteiger partial charge in [-0.25, -0.2) is 0 Å². The molecule has 0 aromatic heterocycles. The van der Waals surface area contributed by atoms with Crippen LogP contribution in [0.4, 0.5) is 5.69 Å². The molecule has 0 N–H and O–H groups in total. The standard InChI is InChI=1S/C20H26ClN/c1-4-22(19-8-6-5-7-9-19)15-20(21)18-12-10-17(11-13-18)14-16(2)3/h5-13,16,20H,4,14-15H2,1-3H3. The van der Waals surface area contributed by atoms with Crippen LogP contribution < -0.4 is 4.90 Å². The van der Waals surface area contributed by atoms with Gasteiger partial charge in [-0.3, -0.25) is 0 Å². The van der Waals surface area contributed by atoms with Crippen molar-refractivity contribution in [3.8, 4) is 0 Å². The zero-order chi connectivity index (χ0) is 15.9. The van der Waals surface area contributed by atoms with Crippen LogP contribution in [-0.4, -0.2) is 13.1 Å². The molecule has 0 heterocycles. The second-order valence-electron chi connectivity index (χ2n) is 6.18. The van der Waals surface area contributed by atoms with Crippen LogP contribution in [0.5, 0.6) is 0 Å². The van der Waals surface area contributed by atoms with Crippen LogP contribution in [0.2, 0.25) is 0 Å². The number of halogens is 1. The number of hydrogen-bond acceptors (Lipinski definition) is 1. The van der Waals surface area contributed by atoms with Crippen molar-refractivity contribution < 1.29 is 0 Å². The molecule has 1 unspecified atom stereocenters. The van der Waals surface area contributed by atoms with E-state index in [2.05, 4.69) is 74.2 Å². The molecule has 118 valence electrons. The fourth-order valence-electron chi connectivity index (χ4n) is 2.69. The summed E-state index contributed by atoms with van der Waals surface area (Å²) < 4.78 is 0. The summed E-state index contributed by atoms with van der Waals surface area (Å²) >= 11 is 6.65. The highest BCUT2D eigenvalue weighted by molar-refractivity contribution is 6.21. The van der Waals surface area contributed by atoms with Crippen molar-refractivity contribution in [3.05, 3.63) is 65.7 Å². The van der Waals surface area contributed by atoms with E-state index in [0.717, 1.165) is 19.5 Å². The van der Waals surface area contributed by atoms with Gasteiger partial charge in [0.05, 0.1) is 5.38 Å². The maximum absolute atomic E-state index is 6.65. The molecule has 0 saturated carbocycles. The predicted octanol–water partition coefficient (Wildman–Crippen LogP) is 5.69. The summed E-state index contributed by atoms with van der Waals surface area (Å²) in [5.41, 5.74) is 3.81. The number of para-hydroxylation sites is 1. The normalized spacial score (nSPS) is 12.4. The Kier molecular flexibility index (Phi) is 6.33. The van der Waals surface area contributed by atoms with Gasteiger partial charge in [0.15, 0.2) is 0 Å². The first-order chi connectivity index (χ1) is 10.6. The lowest BCUT2D eigenvalue weighted by Gasteiger charge is -2.26. The fourth-order valence-corrected chi connectivity index (χ4v) is 3.00. The van der Waals surface area contributed by atoms with Gasteiger partial charge in [0.2, 0.25) is 0 Å². The zero-order valence-electron chi connectivity index (χ0n) is 13.8. The quantitative estimate of drug-likeness (QED) is 0.593. The predicted molar refractivity (Wildman–Crippen MR) is 97.9 cm³/mol. The lowest BCUT2D eigenvalue weighted by molar-refractivity contribution is 0.647. The average Bonchev–Trinajstić information content (AvgIpc) is 2.53. The van der Waals surface area contributed by atoms with Gasteiger partial charge in [0.25, 0.3) is 0 Å². The third-order valence-corrected chi connectivity index (χ3v) is 4.26. The van der Waals surface area contributed by atoms with E-state index in [1.54, 1.807) is 0 Å². The third kappa shape index (κ3) is 4.78. The van der Waals surface area contributed by atoms with Gasteiger partial charge in [0, 0.05) is 18.8 Å². The fraction of sp³-hybridized carbons (Fsp3) is 0.400. The molecule has 0 spiro atoms. The maximum atomic E-state index is 6.65. The van der Waals surface area contributed by atoms with Crippen LogP contribution in [0.25, 0.3) is 0 Å². The maximum Gasteiger partial charge on any atom is 0.0760 e. The monoisotopic (exact) mass is 315 g/mol. The highest BCUT2D eigenvalue weighted by atomic mass is 35.5. The topological polar surface area (TPSA) is 3.24 Å². The second kappa shape index (κ2) is 8.24. The van der Waals surface area contributed by atoms with Gasteiger partial charge >= 0.3 is 0 Å². The molecular formula is C20H26ClN. The lowest BCUT2D eigenvalue weighted by atomic mass is 10.0.